The number of nitrogens with zero attached hydrogens (tertiary/aromatic N) is 2. The Morgan fingerprint density at radius 3 is 1.47 bits per heavy atom. The van der Waals surface area contributed by atoms with E-state index in [1.165, 1.54) is 50.2 Å². The molecule has 0 aliphatic rings. The van der Waals surface area contributed by atoms with Crippen molar-refractivity contribution in [3.63, 3.8) is 0 Å². The van der Waals surface area contributed by atoms with Crippen LogP contribution in [0.4, 0.5) is 11.4 Å². The second-order valence-corrected chi connectivity index (χ2v) is 6.10. The molecule has 2 rings (SSSR count). The number of esters is 2. The molecule has 0 N–H and O–H groups in total. The van der Waals surface area contributed by atoms with E-state index in [0.717, 1.165) is 0 Å². The molecule has 0 saturated carbocycles. The van der Waals surface area contributed by atoms with Gasteiger partial charge in [-0.15, -0.1) is 0 Å². The van der Waals surface area contributed by atoms with E-state index in [1.807, 2.05) is 0 Å². The van der Waals surface area contributed by atoms with Crippen molar-refractivity contribution in [2.75, 3.05) is 13.2 Å². The lowest BCUT2D eigenvalue weighted by Crippen LogP contribution is -2.21. The predicted octanol–water partition coefficient (Wildman–Crippen LogP) is 2.70. The molecule has 0 atom stereocenters. The third kappa shape index (κ3) is 5.01. The highest BCUT2D eigenvalue weighted by molar-refractivity contribution is 5.96. The van der Waals surface area contributed by atoms with E-state index in [2.05, 4.69) is 0 Å². The van der Waals surface area contributed by atoms with Crippen molar-refractivity contribution in [2.24, 2.45) is 0 Å². The Labute approximate surface area is 169 Å². The molecule has 156 valence electrons. The van der Waals surface area contributed by atoms with Crippen LogP contribution in [0.2, 0.25) is 0 Å². The Kier molecular flexibility index (Phi) is 6.91. The van der Waals surface area contributed by atoms with E-state index >= 15 is 0 Å². The molecule has 2 aromatic carbocycles. The molecular weight excluding hydrogens is 400 g/mol. The average Bonchev–Trinajstić information content (AvgIpc) is 2.70. The summed E-state index contributed by atoms with van der Waals surface area (Å²) in [6.07, 6.45) is 0. The lowest BCUT2D eigenvalue weighted by atomic mass is 10.1. The zero-order chi connectivity index (χ0) is 22.4. The standard InChI is InChI=1S/C19H16N2O9/c1-11-14(5-3-7-16(11)20(25)26)18(23)29-9-13(22)10-30-19(24)15-6-4-8-17(12(15)2)21(27)28/h3-8H,9-10H2,1-2H3. The van der Waals surface area contributed by atoms with Crippen molar-refractivity contribution in [3.8, 4) is 0 Å². The minimum atomic E-state index is -0.939. The molecule has 0 unspecified atom stereocenters. The normalized spacial score (nSPS) is 10.2. The fraction of sp³-hybridized carbons (Fsp3) is 0.211. The number of nitro groups is 2. The molecule has 0 heterocycles. The van der Waals surface area contributed by atoms with E-state index in [1.54, 1.807) is 0 Å². The molecule has 2 aromatic rings. The van der Waals surface area contributed by atoms with Gasteiger partial charge in [0, 0.05) is 23.3 Å². The first-order chi connectivity index (χ1) is 14.1. The summed E-state index contributed by atoms with van der Waals surface area (Å²) in [4.78, 5) is 56.6. The molecule has 11 heteroatoms. The SMILES string of the molecule is Cc1c(C(=O)OCC(=O)COC(=O)c2cccc([N+](=O)[O-])c2C)cccc1[N+](=O)[O-]. The van der Waals surface area contributed by atoms with Crippen molar-refractivity contribution < 1.29 is 33.7 Å². The molecule has 11 nitrogen and oxygen atoms in total. The summed E-state index contributed by atoms with van der Waals surface area (Å²) < 4.78 is 9.65. The summed E-state index contributed by atoms with van der Waals surface area (Å²) in [5.41, 5.74) is -0.489. The number of carbonyl (C=O) groups excluding carboxylic acids is 3. The second-order valence-electron chi connectivity index (χ2n) is 6.10. The Bertz CT molecular complexity index is 965. The van der Waals surface area contributed by atoms with Gasteiger partial charge in [-0.05, 0) is 26.0 Å². The summed E-state index contributed by atoms with van der Waals surface area (Å²) in [7, 11) is 0. The van der Waals surface area contributed by atoms with E-state index in [-0.39, 0.29) is 33.6 Å². The predicted molar refractivity (Wildman–Crippen MR) is 101 cm³/mol. The highest BCUT2D eigenvalue weighted by Crippen LogP contribution is 2.22. The maximum Gasteiger partial charge on any atom is 0.339 e. The van der Waals surface area contributed by atoms with Crippen molar-refractivity contribution in [3.05, 3.63) is 78.9 Å². The number of ether oxygens (including phenoxy) is 2. The lowest BCUT2D eigenvalue weighted by molar-refractivity contribution is -0.385. The van der Waals surface area contributed by atoms with Gasteiger partial charge >= 0.3 is 11.9 Å². The van der Waals surface area contributed by atoms with Crippen molar-refractivity contribution in [2.45, 2.75) is 13.8 Å². The summed E-state index contributed by atoms with van der Waals surface area (Å²) in [6.45, 7) is 1.31. The van der Waals surface area contributed by atoms with Gasteiger partial charge in [0.1, 0.15) is 0 Å². The summed E-state index contributed by atoms with van der Waals surface area (Å²) >= 11 is 0. The number of hydrogen-bond acceptors (Lipinski definition) is 9. The first-order valence-electron chi connectivity index (χ1n) is 8.47. The van der Waals surface area contributed by atoms with E-state index in [9.17, 15) is 34.6 Å². The zero-order valence-corrected chi connectivity index (χ0v) is 15.9. The Balaban J connectivity index is 1.95. The van der Waals surface area contributed by atoms with Crippen LogP contribution in [0.1, 0.15) is 31.8 Å². The largest absolute Gasteiger partial charge is 0.454 e. The molecule has 0 amide bonds. The first kappa shape index (κ1) is 22.1. The molecule has 0 radical (unpaired) electrons. The molecule has 30 heavy (non-hydrogen) atoms. The Morgan fingerprint density at radius 2 is 1.13 bits per heavy atom. The van der Waals surface area contributed by atoms with Crippen LogP contribution in [0.15, 0.2) is 36.4 Å². The van der Waals surface area contributed by atoms with Crippen LogP contribution >= 0.6 is 0 Å². The van der Waals surface area contributed by atoms with Gasteiger partial charge < -0.3 is 9.47 Å². The fourth-order valence-corrected chi connectivity index (χ4v) is 2.57. The molecule has 0 aromatic heterocycles. The molecule has 0 fully saturated rings. The molecule has 0 bridgehead atoms. The van der Waals surface area contributed by atoms with Crippen molar-refractivity contribution in [1.82, 2.24) is 0 Å². The van der Waals surface area contributed by atoms with Gasteiger partial charge in [-0.3, -0.25) is 25.0 Å². The highest BCUT2D eigenvalue weighted by atomic mass is 16.6. The maximum absolute atomic E-state index is 12.1. The van der Waals surface area contributed by atoms with Crippen molar-refractivity contribution in [1.29, 1.82) is 0 Å². The zero-order valence-electron chi connectivity index (χ0n) is 15.9. The summed E-state index contributed by atoms with van der Waals surface area (Å²) in [5, 5.41) is 21.8. The van der Waals surface area contributed by atoms with Crippen LogP contribution in [-0.2, 0) is 14.3 Å². The quantitative estimate of drug-likeness (QED) is 0.358. The van der Waals surface area contributed by atoms with Gasteiger partial charge in [0.2, 0.25) is 5.78 Å². The second kappa shape index (κ2) is 9.37. The Morgan fingerprint density at radius 1 is 0.767 bits per heavy atom. The number of nitro benzene ring substituents is 2. The number of hydrogen-bond donors (Lipinski definition) is 0. The van der Waals surface area contributed by atoms with Gasteiger partial charge in [-0.25, -0.2) is 9.59 Å². The topological polar surface area (TPSA) is 156 Å². The van der Waals surface area contributed by atoms with Crippen molar-refractivity contribution >= 4 is 29.1 Å². The van der Waals surface area contributed by atoms with Crippen LogP contribution in [0.5, 0.6) is 0 Å². The summed E-state index contributed by atoms with van der Waals surface area (Å²) in [6, 6.07) is 7.72. The number of carbonyl (C=O) groups is 3. The number of benzene rings is 2. The van der Waals surface area contributed by atoms with Gasteiger partial charge in [0.15, 0.2) is 13.2 Å². The van der Waals surface area contributed by atoms with E-state index in [0.29, 0.717) is 0 Å². The number of ketones is 1. The van der Waals surface area contributed by atoms with Crippen LogP contribution in [0, 0.1) is 34.1 Å². The maximum atomic E-state index is 12.1. The monoisotopic (exact) mass is 416 g/mol. The minimum Gasteiger partial charge on any atom is -0.454 e. The third-order valence-corrected chi connectivity index (χ3v) is 4.17. The number of rotatable bonds is 8. The number of Topliss-reactive ketones (excluding diaryl/α,β-unsaturated/α-hetero) is 1. The highest BCUT2D eigenvalue weighted by Gasteiger charge is 2.22. The van der Waals surface area contributed by atoms with Gasteiger partial charge in [-0.2, -0.15) is 0 Å². The van der Waals surface area contributed by atoms with Crippen LogP contribution in [0.3, 0.4) is 0 Å². The van der Waals surface area contributed by atoms with Crippen LogP contribution < -0.4 is 0 Å². The first-order valence-corrected chi connectivity index (χ1v) is 8.47. The third-order valence-electron chi connectivity index (χ3n) is 4.17. The summed E-state index contributed by atoms with van der Waals surface area (Å²) in [5.74, 6) is -2.63. The lowest BCUT2D eigenvalue weighted by Gasteiger charge is -2.08. The molecule has 0 spiro atoms. The van der Waals surface area contributed by atoms with E-state index < -0.39 is 40.8 Å². The molecule has 0 aliphatic heterocycles. The smallest absolute Gasteiger partial charge is 0.339 e. The van der Waals surface area contributed by atoms with Gasteiger partial charge in [0.05, 0.1) is 21.0 Å². The fourth-order valence-electron chi connectivity index (χ4n) is 2.57. The minimum absolute atomic E-state index is 0.0683. The molecule has 0 aliphatic carbocycles. The van der Waals surface area contributed by atoms with Gasteiger partial charge in [0.25, 0.3) is 11.4 Å². The average molecular weight is 416 g/mol. The van der Waals surface area contributed by atoms with Crippen LogP contribution in [-0.4, -0.2) is 40.8 Å². The van der Waals surface area contributed by atoms with E-state index in [4.69, 9.17) is 9.47 Å². The molecular formula is C19H16N2O9. The molecule has 0 saturated heterocycles. The Hall–Kier alpha value is -4.15. The van der Waals surface area contributed by atoms with Crippen LogP contribution in [0.25, 0.3) is 0 Å². The van der Waals surface area contributed by atoms with Gasteiger partial charge in [-0.1, -0.05) is 12.1 Å².